The number of carbonyl (C=O) groups is 2. The van der Waals surface area contributed by atoms with Gasteiger partial charge in [0.15, 0.2) is 0 Å². The lowest BCUT2D eigenvalue weighted by Gasteiger charge is -2.49. The highest BCUT2D eigenvalue weighted by Crippen LogP contribution is 2.38. The van der Waals surface area contributed by atoms with Gasteiger partial charge >= 0.3 is 0 Å². The van der Waals surface area contributed by atoms with E-state index < -0.39 is 0 Å². The van der Waals surface area contributed by atoms with E-state index in [2.05, 4.69) is 27.2 Å². The number of nitrogens with zero attached hydrogens (tertiary/aromatic N) is 3. The summed E-state index contributed by atoms with van der Waals surface area (Å²) in [6.07, 6.45) is 3.17. The minimum atomic E-state index is -0.115. The van der Waals surface area contributed by atoms with Crippen LogP contribution in [-0.2, 0) is 20.7 Å². The SMILES string of the molecule is COc1ccc2c(c1)N1CCN(CC(=O)N3CCOCC3)C[C@H]1[C@H](C(=O)NCC1CC1)C2. The molecule has 1 aromatic rings. The first kappa shape index (κ1) is 21.5. The standard InChI is InChI=1S/C24H34N4O4/c1-31-19-5-4-18-12-20(24(30)25-14-17-2-3-17)22-15-26(6-7-28(22)21(18)13-19)16-23(29)27-8-10-32-11-9-27/h4-5,13,17,20,22H,2-3,6-12,14-16H2,1H3,(H,25,30)/t20-,22+/m1/s1. The molecule has 0 radical (unpaired) electrons. The van der Waals surface area contributed by atoms with E-state index in [1.54, 1.807) is 7.11 Å². The third-order valence-corrected chi connectivity index (χ3v) is 7.33. The molecule has 174 valence electrons. The number of carbonyl (C=O) groups excluding carboxylic acids is 2. The third kappa shape index (κ3) is 4.57. The number of anilines is 1. The Bertz CT molecular complexity index is 852. The number of amides is 2. The van der Waals surface area contributed by atoms with E-state index in [1.807, 2.05) is 11.0 Å². The van der Waals surface area contributed by atoms with Crippen molar-refractivity contribution in [3.8, 4) is 5.75 Å². The van der Waals surface area contributed by atoms with Crippen molar-refractivity contribution >= 4 is 17.5 Å². The zero-order valence-electron chi connectivity index (χ0n) is 18.9. The summed E-state index contributed by atoms with van der Waals surface area (Å²) in [5, 5.41) is 3.21. The second kappa shape index (κ2) is 9.27. The molecular weight excluding hydrogens is 408 g/mol. The van der Waals surface area contributed by atoms with Crippen LogP contribution in [0, 0.1) is 11.8 Å². The van der Waals surface area contributed by atoms with Crippen LogP contribution < -0.4 is 15.0 Å². The minimum absolute atomic E-state index is 0.0556. The summed E-state index contributed by atoms with van der Waals surface area (Å²) in [6, 6.07) is 6.23. The quantitative estimate of drug-likeness (QED) is 0.701. The summed E-state index contributed by atoms with van der Waals surface area (Å²) < 4.78 is 10.8. The molecule has 1 N–H and O–H groups in total. The van der Waals surface area contributed by atoms with E-state index >= 15 is 0 Å². The third-order valence-electron chi connectivity index (χ3n) is 7.33. The van der Waals surface area contributed by atoms with Gasteiger partial charge in [-0.3, -0.25) is 14.5 Å². The highest BCUT2D eigenvalue weighted by Gasteiger charge is 2.42. The second-order valence-electron chi connectivity index (χ2n) is 9.48. The van der Waals surface area contributed by atoms with Crippen LogP contribution in [0.15, 0.2) is 18.2 Å². The van der Waals surface area contributed by atoms with Crippen LogP contribution in [0.5, 0.6) is 5.75 Å². The molecular formula is C24H34N4O4. The zero-order valence-corrected chi connectivity index (χ0v) is 18.9. The molecule has 32 heavy (non-hydrogen) atoms. The zero-order chi connectivity index (χ0) is 22.1. The van der Waals surface area contributed by atoms with Gasteiger partial charge in [-0.1, -0.05) is 6.07 Å². The molecule has 0 spiro atoms. The average molecular weight is 443 g/mol. The van der Waals surface area contributed by atoms with Gasteiger partial charge in [-0.25, -0.2) is 0 Å². The summed E-state index contributed by atoms with van der Waals surface area (Å²) in [5.41, 5.74) is 2.37. The predicted molar refractivity (Wildman–Crippen MR) is 121 cm³/mol. The molecule has 0 unspecified atom stereocenters. The van der Waals surface area contributed by atoms with Crippen molar-refractivity contribution in [2.45, 2.75) is 25.3 Å². The normalized spacial score (nSPS) is 25.7. The average Bonchev–Trinajstić information content (AvgIpc) is 3.66. The maximum absolute atomic E-state index is 13.2. The lowest BCUT2D eigenvalue weighted by molar-refractivity contribution is -0.136. The molecule has 1 aromatic carbocycles. The maximum Gasteiger partial charge on any atom is 0.236 e. The Morgan fingerprint density at radius 2 is 1.97 bits per heavy atom. The fourth-order valence-electron chi connectivity index (χ4n) is 5.21. The van der Waals surface area contributed by atoms with E-state index in [1.165, 1.54) is 24.1 Å². The van der Waals surface area contributed by atoms with Crippen molar-refractivity contribution in [3.63, 3.8) is 0 Å². The lowest BCUT2D eigenvalue weighted by Crippen LogP contribution is -2.62. The molecule has 2 atom stereocenters. The summed E-state index contributed by atoms with van der Waals surface area (Å²) >= 11 is 0. The van der Waals surface area contributed by atoms with Gasteiger partial charge in [-0.05, 0) is 36.8 Å². The Labute approximate surface area is 189 Å². The molecule has 5 rings (SSSR count). The number of methoxy groups -OCH3 is 1. The summed E-state index contributed by atoms with van der Waals surface area (Å²) in [5.74, 6) is 1.69. The first-order chi connectivity index (χ1) is 15.6. The van der Waals surface area contributed by atoms with Gasteiger partial charge in [0, 0.05) is 51.0 Å². The number of hydrogen-bond donors (Lipinski definition) is 1. The summed E-state index contributed by atoms with van der Waals surface area (Å²) in [4.78, 5) is 32.6. The molecule has 2 saturated heterocycles. The van der Waals surface area contributed by atoms with Crippen LogP contribution in [0.3, 0.4) is 0 Å². The van der Waals surface area contributed by atoms with Crippen molar-refractivity contribution in [2.24, 2.45) is 11.8 Å². The molecule has 8 heteroatoms. The van der Waals surface area contributed by atoms with Crippen molar-refractivity contribution < 1.29 is 19.1 Å². The van der Waals surface area contributed by atoms with Crippen molar-refractivity contribution in [1.29, 1.82) is 0 Å². The Morgan fingerprint density at radius 1 is 1.16 bits per heavy atom. The number of morpholine rings is 1. The number of ether oxygens (including phenoxy) is 2. The topological polar surface area (TPSA) is 74.3 Å². The molecule has 1 aliphatic carbocycles. The molecule has 1 saturated carbocycles. The first-order valence-corrected chi connectivity index (χ1v) is 11.9. The van der Waals surface area contributed by atoms with E-state index in [9.17, 15) is 9.59 Å². The number of nitrogens with one attached hydrogen (secondary N) is 1. The molecule has 3 fully saturated rings. The van der Waals surface area contributed by atoms with Crippen LogP contribution in [0.2, 0.25) is 0 Å². The highest BCUT2D eigenvalue weighted by molar-refractivity contribution is 5.82. The van der Waals surface area contributed by atoms with E-state index in [0.29, 0.717) is 45.3 Å². The molecule has 3 heterocycles. The first-order valence-electron chi connectivity index (χ1n) is 11.9. The number of fused-ring (bicyclic) bond motifs is 3. The Morgan fingerprint density at radius 3 is 2.72 bits per heavy atom. The van der Waals surface area contributed by atoms with Crippen LogP contribution in [0.1, 0.15) is 18.4 Å². The number of rotatable bonds is 6. The van der Waals surface area contributed by atoms with Crippen molar-refractivity contribution in [2.75, 3.05) is 71.0 Å². The molecule has 2 amide bonds. The number of piperazine rings is 1. The monoisotopic (exact) mass is 442 g/mol. The number of benzene rings is 1. The van der Waals surface area contributed by atoms with Gasteiger partial charge < -0.3 is 24.6 Å². The molecule has 4 aliphatic rings. The van der Waals surface area contributed by atoms with E-state index in [4.69, 9.17) is 9.47 Å². The van der Waals surface area contributed by atoms with Crippen LogP contribution >= 0.6 is 0 Å². The van der Waals surface area contributed by atoms with Crippen LogP contribution in [0.25, 0.3) is 0 Å². The second-order valence-corrected chi connectivity index (χ2v) is 9.48. The van der Waals surface area contributed by atoms with E-state index in [0.717, 1.165) is 31.8 Å². The molecule has 8 nitrogen and oxygen atoms in total. The Hall–Kier alpha value is -2.32. The van der Waals surface area contributed by atoms with Gasteiger partial charge in [0.2, 0.25) is 11.8 Å². The van der Waals surface area contributed by atoms with Crippen molar-refractivity contribution in [1.82, 2.24) is 15.1 Å². The number of hydrogen-bond acceptors (Lipinski definition) is 6. The lowest BCUT2D eigenvalue weighted by atomic mass is 9.83. The van der Waals surface area contributed by atoms with Crippen LogP contribution in [-0.4, -0.2) is 93.8 Å². The highest BCUT2D eigenvalue weighted by atomic mass is 16.5. The minimum Gasteiger partial charge on any atom is -0.497 e. The predicted octanol–water partition coefficient (Wildman–Crippen LogP) is 0.743. The van der Waals surface area contributed by atoms with Crippen molar-refractivity contribution in [3.05, 3.63) is 23.8 Å². The van der Waals surface area contributed by atoms with Gasteiger partial charge in [0.1, 0.15) is 5.75 Å². The van der Waals surface area contributed by atoms with Gasteiger partial charge in [-0.2, -0.15) is 0 Å². The molecule has 3 aliphatic heterocycles. The van der Waals surface area contributed by atoms with E-state index in [-0.39, 0.29) is 23.8 Å². The van der Waals surface area contributed by atoms with Crippen LogP contribution in [0.4, 0.5) is 5.69 Å². The fourth-order valence-corrected chi connectivity index (χ4v) is 5.21. The maximum atomic E-state index is 13.2. The smallest absolute Gasteiger partial charge is 0.236 e. The Balaban J connectivity index is 1.32. The van der Waals surface area contributed by atoms with Gasteiger partial charge in [0.05, 0.1) is 38.8 Å². The Kier molecular flexibility index (Phi) is 6.24. The summed E-state index contributed by atoms with van der Waals surface area (Å²) in [6.45, 7) is 6.08. The largest absolute Gasteiger partial charge is 0.497 e. The molecule has 0 aromatic heterocycles. The van der Waals surface area contributed by atoms with Gasteiger partial charge in [-0.15, -0.1) is 0 Å². The molecule has 0 bridgehead atoms. The fraction of sp³-hybridized carbons (Fsp3) is 0.667. The van der Waals surface area contributed by atoms with Gasteiger partial charge in [0.25, 0.3) is 0 Å². The summed E-state index contributed by atoms with van der Waals surface area (Å²) in [7, 11) is 1.69.